The van der Waals surface area contributed by atoms with Gasteiger partial charge in [-0.05, 0) is 11.5 Å². The van der Waals surface area contributed by atoms with Gasteiger partial charge in [0, 0.05) is 12.4 Å². The largest absolute Gasteiger partial charge is 0.250 e. The molecule has 0 aliphatic rings. The van der Waals surface area contributed by atoms with Crippen LogP contribution in [0.5, 0.6) is 0 Å². The molecule has 0 spiro atoms. The van der Waals surface area contributed by atoms with Gasteiger partial charge in [0.1, 0.15) is 13.9 Å². The Morgan fingerprint density at radius 1 is 1.33 bits per heavy atom. The summed E-state index contributed by atoms with van der Waals surface area (Å²) in [6, 6.07) is 0. The van der Waals surface area contributed by atoms with Gasteiger partial charge in [-0.3, -0.25) is 4.39 Å². The summed E-state index contributed by atoms with van der Waals surface area (Å²) in [5.41, 5.74) is 0.986. The Kier molecular flexibility index (Phi) is 2.79. The maximum Gasteiger partial charge on any atom is 0.152 e. The molecule has 0 aliphatic heterocycles. The monoisotopic (exact) mass is 164 g/mol. The molecule has 1 heterocycles. The lowest BCUT2D eigenvalue weighted by Gasteiger charge is -2.05. The van der Waals surface area contributed by atoms with Gasteiger partial charge in [-0.2, -0.15) is 0 Å². The fourth-order valence-corrected chi connectivity index (χ4v) is 0.789. The molecule has 2 nitrogen and oxygen atoms in total. The van der Waals surface area contributed by atoms with E-state index in [2.05, 4.69) is 9.97 Å². The first-order chi connectivity index (χ1) is 5.61. The van der Waals surface area contributed by atoms with Gasteiger partial charge in [-0.15, -0.1) is 0 Å². The predicted molar refractivity (Wildman–Crippen MR) is 45.7 cm³/mol. The number of alkyl halides is 1. The number of nitrogens with zero attached hydrogens (tertiary/aromatic N) is 2. The highest BCUT2D eigenvalue weighted by molar-refractivity contribution is 6.10. The van der Waals surface area contributed by atoms with E-state index in [0.29, 0.717) is 5.92 Å². The summed E-state index contributed by atoms with van der Waals surface area (Å²) < 4.78 is 12.4. The molecule has 0 amide bonds. The van der Waals surface area contributed by atoms with Crippen molar-refractivity contribution in [2.75, 3.05) is 0 Å². The number of hydrogen-bond donors (Lipinski definition) is 0. The molecule has 4 heteroatoms. The molecule has 62 valence electrons. The smallest absolute Gasteiger partial charge is 0.152 e. The minimum absolute atomic E-state index is 0.0411. The SMILES string of the molecule is [B]C(F)c1ncc(C(C)C)cn1. The second-order valence-corrected chi connectivity index (χ2v) is 2.93. The minimum Gasteiger partial charge on any atom is -0.250 e. The number of hydrogen-bond acceptors (Lipinski definition) is 2. The van der Waals surface area contributed by atoms with E-state index in [-0.39, 0.29) is 5.82 Å². The highest BCUT2D eigenvalue weighted by Crippen LogP contribution is 2.13. The van der Waals surface area contributed by atoms with Gasteiger partial charge in [0.05, 0.1) is 0 Å². The average Bonchev–Trinajstić information content (AvgIpc) is 2.04. The normalized spacial score (nSPS) is 13.3. The highest BCUT2D eigenvalue weighted by atomic mass is 19.1. The van der Waals surface area contributed by atoms with E-state index in [1.165, 1.54) is 0 Å². The third-order valence-electron chi connectivity index (χ3n) is 1.61. The van der Waals surface area contributed by atoms with Crippen LogP contribution in [0.15, 0.2) is 12.4 Å². The molecule has 0 bridgehead atoms. The van der Waals surface area contributed by atoms with E-state index in [0.717, 1.165) is 5.56 Å². The van der Waals surface area contributed by atoms with Crippen LogP contribution < -0.4 is 0 Å². The van der Waals surface area contributed by atoms with E-state index in [9.17, 15) is 4.39 Å². The molecule has 0 aromatic carbocycles. The Morgan fingerprint density at radius 3 is 2.17 bits per heavy atom. The van der Waals surface area contributed by atoms with Crippen LogP contribution in [0.2, 0.25) is 0 Å². The van der Waals surface area contributed by atoms with E-state index in [4.69, 9.17) is 7.85 Å². The zero-order valence-corrected chi connectivity index (χ0v) is 7.16. The Bertz CT molecular complexity index is 219. The molecule has 0 saturated heterocycles. The maximum atomic E-state index is 12.4. The average molecular weight is 164 g/mol. The summed E-state index contributed by atoms with van der Waals surface area (Å²) in [5, 5.41) is 0. The summed E-state index contributed by atoms with van der Waals surface area (Å²) in [6.45, 7) is 4.04. The van der Waals surface area contributed by atoms with Crippen molar-refractivity contribution in [3.8, 4) is 0 Å². The Balaban J connectivity index is 2.86. The maximum absolute atomic E-state index is 12.4. The van der Waals surface area contributed by atoms with Crippen molar-refractivity contribution in [1.82, 2.24) is 9.97 Å². The number of halogens is 1. The van der Waals surface area contributed by atoms with Crippen molar-refractivity contribution >= 4 is 7.85 Å². The molecule has 0 saturated carbocycles. The molecule has 1 atom stereocenters. The van der Waals surface area contributed by atoms with Crippen molar-refractivity contribution in [2.45, 2.75) is 25.8 Å². The summed E-state index contributed by atoms with van der Waals surface area (Å²) >= 11 is 0. The second-order valence-electron chi connectivity index (χ2n) is 2.93. The van der Waals surface area contributed by atoms with Crippen LogP contribution in [0.4, 0.5) is 4.39 Å². The number of rotatable bonds is 2. The van der Waals surface area contributed by atoms with Crippen molar-refractivity contribution in [2.24, 2.45) is 0 Å². The Morgan fingerprint density at radius 2 is 1.83 bits per heavy atom. The minimum atomic E-state index is -1.58. The molecule has 1 aromatic rings. The fourth-order valence-electron chi connectivity index (χ4n) is 0.789. The van der Waals surface area contributed by atoms with Crippen LogP contribution in [0.3, 0.4) is 0 Å². The van der Waals surface area contributed by atoms with Crippen LogP contribution in [-0.2, 0) is 0 Å². The number of aromatic nitrogens is 2. The second kappa shape index (κ2) is 3.65. The van der Waals surface area contributed by atoms with Gasteiger partial charge < -0.3 is 0 Å². The first-order valence-corrected chi connectivity index (χ1v) is 3.82. The molecule has 2 radical (unpaired) electrons. The van der Waals surface area contributed by atoms with Crippen molar-refractivity contribution in [3.63, 3.8) is 0 Å². The third kappa shape index (κ3) is 2.03. The zero-order chi connectivity index (χ0) is 9.14. The summed E-state index contributed by atoms with van der Waals surface area (Å²) in [7, 11) is 4.95. The Labute approximate surface area is 72.6 Å². The van der Waals surface area contributed by atoms with Crippen LogP contribution >= 0.6 is 0 Å². The quantitative estimate of drug-likeness (QED) is 0.622. The van der Waals surface area contributed by atoms with Crippen LogP contribution in [-0.4, -0.2) is 17.8 Å². The topological polar surface area (TPSA) is 25.8 Å². The van der Waals surface area contributed by atoms with Gasteiger partial charge in [0.2, 0.25) is 0 Å². The highest BCUT2D eigenvalue weighted by Gasteiger charge is 2.06. The van der Waals surface area contributed by atoms with Crippen LogP contribution in [0, 0.1) is 0 Å². The van der Waals surface area contributed by atoms with Gasteiger partial charge in [-0.1, -0.05) is 13.8 Å². The lowest BCUT2D eigenvalue weighted by molar-refractivity contribution is 0.439. The molecule has 0 aliphatic carbocycles. The van der Waals surface area contributed by atoms with Crippen molar-refractivity contribution < 1.29 is 4.39 Å². The van der Waals surface area contributed by atoms with E-state index < -0.39 is 6.07 Å². The zero-order valence-electron chi connectivity index (χ0n) is 7.16. The lowest BCUT2D eigenvalue weighted by atomic mass is 10.0. The van der Waals surface area contributed by atoms with Gasteiger partial charge >= 0.3 is 0 Å². The fraction of sp³-hybridized carbons (Fsp3) is 0.500. The molecule has 1 aromatic heterocycles. The van der Waals surface area contributed by atoms with Crippen LogP contribution in [0.1, 0.15) is 37.2 Å². The molecule has 0 fully saturated rings. The molecular weight excluding hydrogens is 154 g/mol. The first-order valence-electron chi connectivity index (χ1n) is 3.82. The summed E-state index contributed by atoms with van der Waals surface area (Å²) in [5.74, 6) is 0.397. The van der Waals surface area contributed by atoms with Gasteiger partial charge in [0.15, 0.2) is 5.82 Å². The molecule has 1 unspecified atom stereocenters. The summed E-state index contributed by atoms with van der Waals surface area (Å²) in [6.07, 6.45) is 1.63. The standard InChI is InChI=1S/C8H10BFN2/c1-5(2)6-3-11-8(7(9)10)12-4-6/h3-5,7H,1-2H3. The molecule has 12 heavy (non-hydrogen) atoms. The lowest BCUT2D eigenvalue weighted by Crippen LogP contribution is -2.00. The van der Waals surface area contributed by atoms with E-state index in [1.54, 1.807) is 12.4 Å². The Hall–Kier alpha value is -0.925. The van der Waals surface area contributed by atoms with Gasteiger partial charge in [-0.25, -0.2) is 9.97 Å². The van der Waals surface area contributed by atoms with Crippen LogP contribution in [0.25, 0.3) is 0 Å². The first kappa shape index (κ1) is 9.17. The predicted octanol–water partition coefficient (Wildman–Crippen LogP) is 1.74. The molecule has 1 rings (SSSR count). The van der Waals surface area contributed by atoms with Crippen molar-refractivity contribution in [1.29, 1.82) is 0 Å². The van der Waals surface area contributed by atoms with Gasteiger partial charge in [0.25, 0.3) is 0 Å². The molecule has 0 N–H and O–H groups in total. The van der Waals surface area contributed by atoms with E-state index >= 15 is 0 Å². The van der Waals surface area contributed by atoms with Crippen molar-refractivity contribution in [3.05, 3.63) is 23.8 Å². The molecular formula is C8H10BFN2. The summed E-state index contributed by atoms with van der Waals surface area (Å²) in [4.78, 5) is 7.58. The van der Waals surface area contributed by atoms with E-state index in [1.807, 2.05) is 13.8 Å². The third-order valence-corrected chi connectivity index (χ3v) is 1.61.